The summed E-state index contributed by atoms with van der Waals surface area (Å²) in [6.45, 7) is 4.16. The minimum atomic E-state index is -0.101. The van der Waals surface area contributed by atoms with Gasteiger partial charge in [-0.25, -0.2) is 9.97 Å². The molecule has 1 rings (SSSR count). The molecule has 5 heteroatoms. The van der Waals surface area contributed by atoms with Gasteiger partial charge >= 0.3 is 0 Å². The zero-order chi connectivity index (χ0) is 10.8. The quantitative estimate of drug-likeness (QED) is 0.632. The third kappa shape index (κ3) is 2.48. The van der Waals surface area contributed by atoms with Crippen LogP contribution in [-0.4, -0.2) is 28.4 Å². The van der Waals surface area contributed by atoms with E-state index in [0.29, 0.717) is 5.88 Å². The standard InChI is InChI=1S/C9H13ClIN3/c1-9(2,5-10)14(3)8-7(11)4-12-6-13-8/h4,6H,5H2,1-3H3. The van der Waals surface area contributed by atoms with Crippen molar-refractivity contribution in [1.82, 2.24) is 9.97 Å². The highest BCUT2D eigenvalue weighted by Crippen LogP contribution is 2.24. The van der Waals surface area contributed by atoms with Gasteiger partial charge in [0.15, 0.2) is 0 Å². The van der Waals surface area contributed by atoms with Crippen molar-refractivity contribution in [2.45, 2.75) is 19.4 Å². The summed E-state index contributed by atoms with van der Waals surface area (Å²) < 4.78 is 1.03. The fourth-order valence-electron chi connectivity index (χ4n) is 0.929. The molecule has 0 aromatic carbocycles. The molecule has 0 spiro atoms. The van der Waals surface area contributed by atoms with E-state index in [0.717, 1.165) is 9.39 Å². The zero-order valence-electron chi connectivity index (χ0n) is 8.46. The summed E-state index contributed by atoms with van der Waals surface area (Å²) >= 11 is 8.12. The molecule has 1 aromatic rings. The number of alkyl halides is 1. The van der Waals surface area contributed by atoms with Gasteiger partial charge in [-0.1, -0.05) is 0 Å². The van der Waals surface area contributed by atoms with Crippen molar-refractivity contribution in [2.75, 3.05) is 17.8 Å². The minimum absolute atomic E-state index is 0.101. The normalized spacial score (nSPS) is 11.5. The lowest BCUT2D eigenvalue weighted by atomic mass is 10.1. The Labute approximate surface area is 103 Å². The number of halogens is 2. The molecule has 0 bridgehead atoms. The van der Waals surface area contributed by atoms with Crippen molar-refractivity contribution < 1.29 is 0 Å². The number of nitrogens with zero attached hydrogens (tertiary/aromatic N) is 3. The average molecular weight is 326 g/mol. The molecule has 0 saturated heterocycles. The summed E-state index contributed by atoms with van der Waals surface area (Å²) in [5, 5.41) is 0. The Morgan fingerprint density at radius 2 is 2.21 bits per heavy atom. The zero-order valence-corrected chi connectivity index (χ0v) is 11.4. The molecule has 0 unspecified atom stereocenters. The summed E-state index contributed by atoms with van der Waals surface area (Å²) in [4.78, 5) is 10.3. The minimum Gasteiger partial charge on any atom is -0.352 e. The number of aromatic nitrogens is 2. The van der Waals surface area contributed by atoms with E-state index in [9.17, 15) is 0 Å². The molecule has 0 amide bonds. The predicted octanol–water partition coefficient (Wildman–Crippen LogP) is 2.53. The first-order chi connectivity index (χ1) is 6.49. The second-order valence-electron chi connectivity index (χ2n) is 3.70. The Morgan fingerprint density at radius 1 is 1.57 bits per heavy atom. The number of hydrogen-bond acceptors (Lipinski definition) is 3. The maximum Gasteiger partial charge on any atom is 0.145 e. The molecule has 0 fully saturated rings. The molecule has 0 saturated carbocycles. The maximum absolute atomic E-state index is 5.90. The summed E-state index contributed by atoms with van der Waals surface area (Å²) in [5.74, 6) is 1.48. The molecule has 1 heterocycles. The third-order valence-electron chi connectivity index (χ3n) is 2.20. The number of rotatable bonds is 3. The molecule has 0 N–H and O–H groups in total. The highest BCUT2D eigenvalue weighted by Gasteiger charge is 2.24. The highest BCUT2D eigenvalue weighted by atomic mass is 127. The lowest BCUT2D eigenvalue weighted by Gasteiger charge is -2.35. The first-order valence-corrected chi connectivity index (χ1v) is 5.85. The molecule has 78 valence electrons. The van der Waals surface area contributed by atoms with Crippen LogP contribution in [0.25, 0.3) is 0 Å². The molecule has 14 heavy (non-hydrogen) atoms. The SMILES string of the molecule is CN(c1ncncc1I)C(C)(C)CCl. The Bertz CT molecular complexity index is 317. The van der Waals surface area contributed by atoms with Gasteiger partial charge in [-0.3, -0.25) is 0 Å². The van der Waals surface area contributed by atoms with Gasteiger partial charge < -0.3 is 4.90 Å². The lowest BCUT2D eigenvalue weighted by molar-refractivity contribution is 0.539. The number of anilines is 1. The van der Waals surface area contributed by atoms with Crippen LogP contribution in [0.5, 0.6) is 0 Å². The Balaban J connectivity index is 3.00. The largest absolute Gasteiger partial charge is 0.352 e. The van der Waals surface area contributed by atoms with Crippen LogP contribution in [-0.2, 0) is 0 Å². The van der Waals surface area contributed by atoms with Crippen LogP contribution in [0.1, 0.15) is 13.8 Å². The van der Waals surface area contributed by atoms with Gasteiger partial charge in [0.2, 0.25) is 0 Å². The molecule has 1 aromatic heterocycles. The van der Waals surface area contributed by atoms with Gasteiger partial charge in [-0.2, -0.15) is 0 Å². The number of hydrogen-bond donors (Lipinski definition) is 0. The van der Waals surface area contributed by atoms with Crippen LogP contribution in [0.2, 0.25) is 0 Å². The molecule has 0 aliphatic heterocycles. The molecule has 3 nitrogen and oxygen atoms in total. The van der Waals surface area contributed by atoms with Crippen molar-refractivity contribution in [3.05, 3.63) is 16.1 Å². The fraction of sp³-hybridized carbons (Fsp3) is 0.556. The Hall–Kier alpha value is -0.100. The van der Waals surface area contributed by atoms with Gasteiger partial charge in [0.1, 0.15) is 12.1 Å². The molecule has 0 aliphatic rings. The van der Waals surface area contributed by atoms with E-state index in [1.165, 1.54) is 0 Å². The first kappa shape index (κ1) is 12.0. The van der Waals surface area contributed by atoms with Crippen molar-refractivity contribution in [2.24, 2.45) is 0 Å². The lowest BCUT2D eigenvalue weighted by Crippen LogP contribution is -2.43. The van der Waals surface area contributed by atoms with Gasteiger partial charge in [0.05, 0.1) is 3.57 Å². The topological polar surface area (TPSA) is 29.0 Å². The Morgan fingerprint density at radius 3 is 2.71 bits per heavy atom. The van der Waals surface area contributed by atoms with Crippen molar-refractivity contribution in [1.29, 1.82) is 0 Å². The van der Waals surface area contributed by atoms with Gasteiger partial charge in [-0.05, 0) is 36.4 Å². The van der Waals surface area contributed by atoms with Crippen molar-refractivity contribution in [3.63, 3.8) is 0 Å². The summed E-state index contributed by atoms with van der Waals surface area (Å²) in [6, 6.07) is 0. The average Bonchev–Trinajstić information content (AvgIpc) is 2.17. The van der Waals surface area contributed by atoms with Gasteiger partial charge in [0, 0.05) is 24.7 Å². The van der Waals surface area contributed by atoms with Crippen LogP contribution >= 0.6 is 34.2 Å². The van der Waals surface area contributed by atoms with Gasteiger partial charge in [-0.15, -0.1) is 11.6 Å². The fourth-order valence-corrected chi connectivity index (χ4v) is 1.77. The van der Waals surface area contributed by atoms with Crippen LogP contribution in [0.4, 0.5) is 5.82 Å². The van der Waals surface area contributed by atoms with E-state index < -0.39 is 0 Å². The summed E-state index contributed by atoms with van der Waals surface area (Å²) in [7, 11) is 1.99. The van der Waals surface area contributed by atoms with Crippen molar-refractivity contribution in [3.8, 4) is 0 Å². The predicted molar refractivity (Wildman–Crippen MR) is 68.0 cm³/mol. The van der Waals surface area contributed by atoms with E-state index >= 15 is 0 Å². The smallest absolute Gasteiger partial charge is 0.145 e. The highest BCUT2D eigenvalue weighted by molar-refractivity contribution is 14.1. The van der Waals surface area contributed by atoms with Crippen LogP contribution in [0.3, 0.4) is 0 Å². The third-order valence-corrected chi connectivity index (χ3v) is 3.62. The van der Waals surface area contributed by atoms with E-state index in [1.54, 1.807) is 12.5 Å². The molecular formula is C9H13ClIN3. The second-order valence-corrected chi connectivity index (χ2v) is 5.13. The summed E-state index contributed by atoms with van der Waals surface area (Å²) in [6.07, 6.45) is 3.35. The van der Waals surface area contributed by atoms with Crippen molar-refractivity contribution >= 4 is 40.0 Å². The molecule has 0 aliphatic carbocycles. The van der Waals surface area contributed by atoms with Crippen LogP contribution in [0.15, 0.2) is 12.5 Å². The molecule has 0 atom stereocenters. The second kappa shape index (κ2) is 4.61. The molecular weight excluding hydrogens is 312 g/mol. The maximum atomic E-state index is 5.90. The first-order valence-electron chi connectivity index (χ1n) is 4.24. The van der Waals surface area contributed by atoms with Gasteiger partial charge in [0.25, 0.3) is 0 Å². The van der Waals surface area contributed by atoms with Crippen LogP contribution < -0.4 is 4.90 Å². The summed E-state index contributed by atoms with van der Waals surface area (Å²) in [5.41, 5.74) is -0.101. The van der Waals surface area contributed by atoms with E-state index in [-0.39, 0.29) is 5.54 Å². The van der Waals surface area contributed by atoms with E-state index in [1.807, 2.05) is 7.05 Å². The monoisotopic (exact) mass is 325 g/mol. The van der Waals surface area contributed by atoms with Crippen LogP contribution in [0, 0.1) is 3.57 Å². The molecule has 0 radical (unpaired) electrons. The van der Waals surface area contributed by atoms with E-state index in [4.69, 9.17) is 11.6 Å². The van der Waals surface area contributed by atoms with E-state index in [2.05, 4.69) is 51.3 Å². The Kier molecular flexibility index (Phi) is 3.94.